The largest absolute Gasteiger partial charge is 0.483 e. The summed E-state index contributed by atoms with van der Waals surface area (Å²) >= 11 is 3.50. The van der Waals surface area contributed by atoms with Gasteiger partial charge in [-0.3, -0.25) is 4.79 Å². The van der Waals surface area contributed by atoms with E-state index in [-0.39, 0.29) is 12.5 Å². The second-order valence-electron chi connectivity index (χ2n) is 6.74. The Morgan fingerprint density at radius 3 is 2.81 bits per heavy atom. The van der Waals surface area contributed by atoms with Crippen LogP contribution in [0.1, 0.15) is 49.3 Å². The standard InChI is InChI=1S/C21H23BrN2O2/c1-14(2)16-10-11-20(18(22)12-16)26-13-21(25)24-23-19-9-5-7-15-6-3-4-8-17(15)19/h3-4,6,8,10-12,14H,5,7,9,13H2,1-2H3,(H,24,25). The minimum absolute atomic E-state index is 0.0714. The van der Waals surface area contributed by atoms with Gasteiger partial charge in [0.25, 0.3) is 5.91 Å². The minimum Gasteiger partial charge on any atom is -0.483 e. The van der Waals surface area contributed by atoms with Crippen molar-refractivity contribution in [1.82, 2.24) is 5.43 Å². The van der Waals surface area contributed by atoms with Crippen LogP contribution in [0.5, 0.6) is 5.75 Å². The lowest BCUT2D eigenvalue weighted by atomic mass is 9.90. The molecule has 1 amide bonds. The molecule has 0 fully saturated rings. The first-order valence-electron chi connectivity index (χ1n) is 8.90. The van der Waals surface area contributed by atoms with Gasteiger partial charge in [0.05, 0.1) is 10.2 Å². The first-order valence-corrected chi connectivity index (χ1v) is 9.70. The number of hydrogen-bond donors (Lipinski definition) is 1. The summed E-state index contributed by atoms with van der Waals surface area (Å²) in [4.78, 5) is 12.1. The molecule has 1 aliphatic carbocycles. The number of fused-ring (bicyclic) bond motifs is 1. The van der Waals surface area contributed by atoms with Gasteiger partial charge in [-0.1, -0.05) is 44.2 Å². The van der Waals surface area contributed by atoms with E-state index < -0.39 is 0 Å². The predicted octanol–water partition coefficient (Wildman–Crippen LogP) is 4.81. The number of hydrogen-bond acceptors (Lipinski definition) is 3. The summed E-state index contributed by atoms with van der Waals surface area (Å²) in [6, 6.07) is 14.1. The summed E-state index contributed by atoms with van der Waals surface area (Å²) in [5, 5.41) is 4.32. The molecule has 0 aromatic heterocycles. The SMILES string of the molecule is CC(C)c1ccc(OCC(=O)NN=C2CCCc3ccccc32)c(Br)c1. The highest BCUT2D eigenvalue weighted by atomic mass is 79.9. The van der Waals surface area contributed by atoms with Crippen molar-refractivity contribution >= 4 is 27.5 Å². The number of halogens is 1. The van der Waals surface area contributed by atoms with Crippen LogP contribution in [0.2, 0.25) is 0 Å². The number of nitrogens with one attached hydrogen (secondary N) is 1. The van der Waals surface area contributed by atoms with Crippen molar-refractivity contribution in [3.63, 3.8) is 0 Å². The minimum atomic E-state index is -0.264. The number of nitrogens with zero attached hydrogens (tertiary/aromatic N) is 1. The second-order valence-corrected chi connectivity index (χ2v) is 7.59. The summed E-state index contributed by atoms with van der Waals surface area (Å²) < 4.78 is 6.47. The lowest BCUT2D eigenvalue weighted by Crippen LogP contribution is -2.27. The topological polar surface area (TPSA) is 50.7 Å². The first kappa shape index (κ1) is 18.6. The fourth-order valence-corrected chi connectivity index (χ4v) is 3.53. The number of carbonyl (C=O) groups excluding carboxylic acids is 1. The Balaban J connectivity index is 1.59. The number of ether oxygens (including phenoxy) is 1. The normalized spacial score (nSPS) is 15.0. The maximum absolute atomic E-state index is 12.1. The lowest BCUT2D eigenvalue weighted by molar-refractivity contribution is -0.123. The number of benzene rings is 2. The number of hydrazone groups is 1. The Morgan fingerprint density at radius 1 is 1.23 bits per heavy atom. The molecule has 5 heteroatoms. The zero-order valence-electron chi connectivity index (χ0n) is 15.1. The van der Waals surface area contributed by atoms with E-state index in [0.717, 1.165) is 35.0 Å². The summed E-state index contributed by atoms with van der Waals surface area (Å²) in [7, 11) is 0. The third-order valence-electron chi connectivity index (χ3n) is 4.48. The molecule has 2 aromatic carbocycles. The van der Waals surface area contributed by atoms with Crippen LogP contribution in [-0.2, 0) is 11.2 Å². The van der Waals surface area contributed by atoms with Gasteiger partial charge in [0.2, 0.25) is 0 Å². The lowest BCUT2D eigenvalue weighted by Gasteiger charge is -2.17. The van der Waals surface area contributed by atoms with Crippen molar-refractivity contribution in [3.05, 3.63) is 63.6 Å². The molecule has 0 unspecified atom stereocenters. The van der Waals surface area contributed by atoms with E-state index in [4.69, 9.17) is 4.74 Å². The van der Waals surface area contributed by atoms with Crippen molar-refractivity contribution < 1.29 is 9.53 Å². The van der Waals surface area contributed by atoms with Crippen LogP contribution in [0.4, 0.5) is 0 Å². The molecule has 26 heavy (non-hydrogen) atoms. The van der Waals surface area contributed by atoms with Gasteiger partial charge in [0.1, 0.15) is 5.75 Å². The molecule has 3 rings (SSSR count). The molecule has 0 saturated carbocycles. The van der Waals surface area contributed by atoms with Crippen LogP contribution < -0.4 is 10.2 Å². The van der Waals surface area contributed by atoms with E-state index in [2.05, 4.69) is 52.4 Å². The van der Waals surface area contributed by atoms with Gasteiger partial charge in [0, 0.05) is 5.56 Å². The number of amides is 1. The highest BCUT2D eigenvalue weighted by Crippen LogP contribution is 2.28. The molecule has 1 N–H and O–H groups in total. The third kappa shape index (κ3) is 4.52. The summed E-state index contributed by atoms with van der Waals surface area (Å²) in [5.41, 5.74) is 7.19. The molecule has 0 atom stereocenters. The van der Waals surface area contributed by atoms with Crippen molar-refractivity contribution in [3.8, 4) is 5.75 Å². The molecule has 0 bridgehead atoms. The zero-order chi connectivity index (χ0) is 18.5. The Hall–Kier alpha value is -2.14. The van der Waals surface area contributed by atoms with E-state index in [9.17, 15) is 4.79 Å². The van der Waals surface area contributed by atoms with Gasteiger partial charge in [-0.25, -0.2) is 5.43 Å². The van der Waals surface area contributed by atoms with E-state index >= 15 is 0 Å². The van der Waals surface area contributed by atoms with E-state index in [1.165, 1.54) is 11.1 Å². The van der Waals surface area contributed by atoms with Gasteiger partial charge in [0.15, 0.2) is 6.61 Å². The predicted molar refractivity (Wildman–Crippen MR) is 108 cm³/mol. The fourth-order valence-electron chi connectivity index (χ4n) is 3.02. The maximum Gasteiger partial charge on any atom is 0.277 e. The van der Waals surface area contributed by atoms with Crippen LogP contribution in [0.25, 0.3) is 0 Å². The third-order valence-corrected chi connectivity index (χ3v) is 5.10. The van der Waals surface area contributed by atoms with Crippen molar-refractivity contribution in [1.29, 1.82) is 0 Å². The quantitative estimate of drug-likeness (QED) is 0.713. The zero-order valence-corrected chi connectivity index (χ0v) is 16.7. The molecule has 136 valence electrons. The average Bonchev–Trinajstić information content (AvgIpc) is 2.65. The Bertz CT molecular complexity index is 831. The first-order chi connectivity index (χ1) is 12.5. The van der Waals surface area contributed by atoms with Crippen LogP contribution in [0.15, 0.2) is 52.0 Å². The highest BCUT2D eigenvalue weighted by molar-refractivity contribution is 9.10. The molecule has 4 nitrogen and oxygen atoms in total. The molecule has 0 saturated heterocycles. The number of rotatable bonds is 5. The molecule has 0 aliphatic heterocycles. The molecule has 0 spiro atoms. The van der Waals surface area contributed by atoms with Crippen LogP contribution >= 0.6 is 15.9 Å². The number of carbonyl (C=O) groups is 1. The van der Waals surface area contributed by atoms with Gasteiger partial charge < -0.3 is 4.74 Å². The smallest absolute Gasteiger partial charge is 0.277 e. The molecule has 0 radical (unpaired) electrons. The van der Waals surface area contributed by atoms with Crippen molar-refractivity contribution in [2.75, 3.05) is 6.61 Å². The Labute approximate surface area is 162 Å². The molecule has 0 heterocycles. The highest BCUT2D eigenvalue weighted by Gasteiger charge is 2.15. The Morgan fingerprint density at radius 2 is 2.04 bits per heavy atom. The molecular weight excluding hydrogens is 392 g/mol. The molecule has 1 aliphatic rings. The van der Waals surface area contributed by atoms with Crippen LogP contribution in [0, 0.1) is 0 Å². The fraction of sp³-hybridized carbons (Fsp3) is 0.333. The monoisotopic (exact) mass is 414 g/mol. The van der Waals surface area contributed by atoms with E-state index in [1.807, 2.05) is 30.3 Å². The summed E-state index contributed by atoms with van der Waals surface area (Å²) in [6.45, 7) is 4.20. The van der Waals surface area contributed by atoms with Crippen molar-refractivity contribution in [2.24, 2.45) is 5.10 Å². The maximum atomic E-state index is 12.1. The van der Waals surface area contributed by atoms with Gasteiger partial charge in [-0.2, -0.15) is 5.10 Å². The average molecular weight is 415 g/mol. The van der Waals surface area contributed by atoms with Crippen LogP contribution in [0.3, 0.4) is 0 Å². The van der Waals surface area contributed by atoms with Crippen molar-refractivity contribution in [2.45, 2.75) is 39.0 Å². The summed E-state index contributed by atoms with van der Waals surface area (Å²) in [5.74, 6) is 0.832. The van der Waals surface area contributed by atoms with Gasteiger partial charge in [-0.05, 0) is 64.4 Å². The summed E-state index contributed by atoms with van der Waals surface area (Å²) in [6.07, 6.45) is 2.99. The van der Waals surface area contributed by atoms with Crippen LogP contribution in [-0.4, -0.2) is 18.2 Å². The molecule has 2 aromatic rings. The number of aryl methyl sites for hydroxylation is 1. The van der Waals surface area contributed by atoms with Gasteiger partial charge in [-0.15, -0.1) is 0 Å². The van der Waals surface area contributed by atoms with Gasteiger partial charge >= 0.3 is 0 Å². The Kier molecular flexibility index (Phi) is 6.09. The van der Waals surface area contributed by atoms with E-state index in [1.54, 1.807) is 0 Å². The second kappa shape index (κ2) is 8.49. The molecular formula is C21H23BrN2O2. The van der Waals surface area contributed by atoms with E-state index in [0.29, 0.717) is 11.7 Å².